The van der Waals surface area contributed by atoms with Gasteiger partial charge in [-0.2, -0.15) is 5.10 Å². The van der Waals surface area contributed by atoms with Gasteiger partial charge in [-0.05, 0) is 36.0 Å². The van der Waals surface area contributed by atoms with Crippen molar-refractivity contribution in [1.82, 2.24) is 9.78 Å². The Morgan fingerprint density at radius 2 is 2.03 bits per heavy atom. The summed E-state index contributed by atoms with van der Waals surface area (Å²) in [5.41, 5.74) is 10.4. The van der Waals surface area contributed by atoms with Gasteiger partial charge in [-0.15, -0.1) is 11.3 Å². The summed E-state index contributed by atoms with van der Waals surface area (Å²) in [5.74, 6) is -0.470. The first-order chi connectivity index (χ1) is 14.5. The lowest BCUT2D eigenvalue weighted by Gasteiger charge is -2.23. The maximum absolute atomic E-state index is 13.1. The number of fused-ring (bicyclic) bond motifs is 3. The molecule has 7 nitrogen and oxygen atoms in total. The van der Waals surface area contributed by atoms with Gasteiger partial charge in [0.1, 0.15) is 11.6 Å². The fourth-order valence-corrected chi connectivity index (χ4v) is 5.09. The van der Waals surface area contributed by atoms with Crippen molar-refractivity contribution in [2.75, 3.05) is 11.4 Å². The number of carbonyl (C=O) groups excluding carboxylic acids is 2. The molecule has 0 aliphatic heterocycles. The van der Waals surface area contributed by atoms with Crippen LogP contribution in [0, 0.1) is 0 Å². The van der Waals surface area contributed by atoms with Gasteiger partial charge in [0.2, 0.25) is 0 Å². The molecule has 156 valence electrons. The summed E-state index contributed by atoms with van der Waals surface area (Å²) >= 11 is 1.27. The summed E-state index contributed by atoms with van der Waals surface area (Å²) in [6.07, 6.45) is 3.65. The molecular formula is C22H24N4O3S. The number of hydrogen-bond donors (Lipinski definition) is 1. The van der Waals surface area contributed by atoms with Crippen molar-refractivity contribution in [3.8, 4) is 11.3 Å². The van der Waals surface area contributed by atoms with Crippen molar-refractivity contribution in [1.29, 1.82) is 0 Å². The van der Waals surface area contributed by atoms with E-state index in [4.69, 9.17) is 10.5 Å². The number of benzene rings is 1. The van der Waals surface area contributed by atoms with E-state index < -0.39 is 12.0 Å². The fourth-order valence-electron chi connectivity index (χ4n) is 3.87. The van der Waals surface area contributed by atoms with Crippen molar-refractivity contribution in [2.45, 2.75) is 32.8 Å². The highest BCUT2D eigenvalue weighted by atomic mass is 32.1. The van der Waals surface area contributed by atoms with Gasteiger partial charge < -0.3 is 10.5 Å². The van der Waals surface area contributed by atoms with Crippen molar-refractivity contribution < 1.29 is 14.3 Å². The molecule has 0 radical (unpaired) electrons. The number of anilines is 1. The number of ether oxygens (including phenoxy) is 1. The molecule has 2 heterocycles. The van der Waals surface area contributed by atoms with E-state index >= 15 is 0 Å². The van der Waals surface area contributed by atoms with Crippen LogP contribution in [0.15, 0.2) is 36.5 Å². The minimum Gasteiger partial charge on any atom is -0.444 e. The predicted molar refractivity (Wildman–Crippen MR) is 117 cm³/mol. The summed E-state index contributed by atoms with van der Waals surface area (Å²) in [7, 11) is 1.87. The zero-order valence-electron chi connectivity index (χ0n) is 17.1. The number of primary amides is 1. The Hall–Kier alpha value is -3.13. The third kappa shape index (κ3) is 3.59. The van der Waals surface area contributed by atoms with E-state index in [1.54, 1.807) is 9.58 Å². The van der Waals surface area contributed by atoms with Gasteiger partial charge in [0.15, 0.2) is 0 Å². The number of nitrogens with zero attached hydrogens (tertiary/aromatic N) is 3. The van der Waals surface area contributed by atoms with Crippen LogP contribution >= 0.6 is 11.3 Å². The molecular weight excluding hydrogens is 400 g/mol. The Labute approximate surface area is 179 Å². The first-order valence-corrected chi connectivity index (χ1v) is 10.8. The largest absolute Gasteiger partial charge is 0.444 e. The van der Waals surface area contributed by atoms with Crippen LogP contribution < -0.4 is 10.6 Å². The van der Waals surface area contributed by atoms with Crippen molar-refractivity contribution >= 4 is 28.3 Å². The number of nitrogens with two attached hydrogens (primary N) is 1. The third-order valence-electron chi connectivity index (χ3n) is 5.23. The van der Waals surface area contributed by atoms with Crippen LogP contribution in [0.1, 0.15) is 39.7 Å². The number of hydrogen-bond acceptors (Lipinski definition) is 5. The Bertz CT molecular complexity index is 1090. The second kappa shape index (κ2) is 8.31. The molecule has 2 amide bonds. The zero-order valence-corrected chi connectivity index (χ0v) is 17.9. The second-order valence-corrected chi connectivity index (χ2v) is 8.29. The molecule has 4 rings (SSSR count). The van der Waals surface area contributed by atoms with Crippen LogP contribution in [0.2, 0.25) is 0 Å². The van der Waals surface area contributed by atoms with E-state index in [0.29, 0.717) is 22.8 Å². The van der Waals surface area contributed by atoms with Gasteiger partial charge in [0.05, 0.1) is 16.8 Å². The van der Waals surface area contributed by atoms with Crippen LogP contribution in [0.3, 0.4) is 0 Å². The van der Waals surface area contributed by atoms with Gasteiger partial charge in [0.25, 0.3) is 5.91 Å². The van der Waals surface area contributed by atoms with Gasteiger partial charge in [-0.3, -0.25) is 14.4 Å². The van der Waals surface area contributed by atoms with E-state index in [0.717, 1.165) is 40.8 Å². The first kappa shape index (κ1) is 20.2. The van der Waals surface area contributed by atoms with Crippen molar-refractivity contribution in [3.05, 3.63) is 58.1 Å². The monoisotopic (exact) mass is 424 g/mol. The number of thiophene rings is 1. The van der Waals surface area contributed by atoms with Gasteiger partial charge in [-0.1, -0.05) is 37.3 Å². The molecule has 2 aromatic heterocycles. The molecule has 0 fully saturated rings. The molecule has 0 saturated carbocycles. The third-order valence-corrected chi connectivity index (χ3v) is 6.50. The Balaban J connectivity index is 1.74. The van der Waals surface area contributed by atoms with Crippen LogP contribution in [-0.4, -0.2) is 28.3 Å². The minimum absolute atomic E-state index is 0.188. The lowest BCUT2D eigenvalue weighted by atomic mass is 9.91. The number of carbonyl (C=O) groups is 2. The predicted octanol–water partition coefficient (Wildman–Crippen LogP) is 3.90. The molecule has 0 atom stereocenters. The first-order valence-electron chi connectivity index (χ1n) is 9.96. The summed E-state index contributed by atoms with van der Waals surface area (Å²) in [6, 6.07) is 9.57. The van der Waals surface area contributed by atoms with Gasteiger partial charge in [0, 0.05) is 19.2 Å². The molecule has 8 heteroatoms. The average molecular weight is 425 g/mol. The Morgan fingerprint density at radius 3 is 2.73 bits per heavy atom. The number of aromatic nitrogens is 2. The van der Waals surface area contributed by atoms with Crippen LogP contribution in [0.5, 0.6) is 0 Å². The van der Waals surface area contributed by atoms with E-state index in [1.807, 2.05) is 50.5 Å². The summed E-state index contributed by atoms with van der Waals surface area (Å²) in [4.78, 5) is 27.4. The number of amides is 2. The maximum Gasteiger partial charge on any atom is 0.415 e. The molecule has 1 aliphatic rings. The molecule has 3 aromatic rings. The minimum atomic E-state index is -0.470. The molecule has 2 N–H and O–H groups in total. The highest BCUT2D eigenvalue weighted by molar-refractivity contribution is 7.19. The van der Waals surface area contributed by atoms with Gasteiger partial charge in [-0.25, -0.2) is 4.79 Å². The van der Waals surface area contributed by atoms with Crippen LogP contribution in [-0.2, 0) is 31.2 Å². The zero-order chi connectivity index (χ0) is 21.3. The quantitative estimate of drug-likeness (QED) is 0.650. The molecule has 0 saturated heterocycles. The van der Waals surface area contributed by atoms with Crippen LogP contribution in [0.4, 0.5) is 9.80 Å². The normalized spacial score (nSPS) is 12.2. The second-order valence-electron chi connectivity index (χ2n) is 7.29. The SMILES string of the molecule is CCCN(C(=O)OCc1ccccc1)c1sc(C(N)=O)c2c1-c1c(cnn1C)CC2. The number of rotatable bonds is 6. The molecule has 0 unspecified atom stereocenters. The lowest BCUT2D eigenvalue weighted by Crippen LogP contribution is -2.32. The number of aryl methyl sites for hydroxylation is 2. The van der Waals surface area contributed by atoms with E-state index in [2.05, 4.69) is 5.10 Å². The summed E-state index contributed by atoms with van der Waals surface area (Å²) < 4.78 is 7.41. The highest BCUT2D eigenvalue weighted by Gasteiger charge is 2.33. The van der Waals surface area contributed by atoms with E-state index in [9.17, 15) is 9.59 Å². The Kier molecular flexibility index (Phi) is 5.59. The topological polar surface area (TPSA) is 90.4 Å². The fraction of sp³-hybridized carbons (Fsp3) is 0.318. The molecule has 0 bridgehead atoms. The maximum atomic E-state index is 13.1. The van der Waals surface area contributed by atoms with E-state index in [-0.39, 0.29) is 6.61 Å². The van der Waals surface area contributed by atoms with Crippen molar-refractivity contribution in [2.24, 2.45) is 12.8 Å². The molecule has 0 spiro atoms. The molecule has 30 heavy (non-hydrogen) atoms. The molecule has 1 aliphatic carbocycles. The average Bonchev–Trinajstić information content (AvgIpc) is 3.31. The molecule has 1 aromatic carbocycles. The summed E-state index contributed by atoms with van der Waals surface area (Å²) in [6.45, 7) is 2.67. The standard InChI is InChI=1S/C22H24N4O3S/c1-3-11-26(22(28)29-13-14-7-5-4-6-8-14)21-17-16(19(30-21)20(23)27)10-9-15-12-24-25(2)18(15)17/h4-8,12H,3,9-11,13H2,1-2H3,(H2,23,27). The summed E-state index contributed by atoms with van der Waals surface area (Å²) in [5, 5.41) is 5.09. The lowest BCUT2D eigenvalue weighted by molar-refractivity contribution is 0.100. The highest BCUT2D eigenvalue weighted by Crippen LogP contribution is 2.47. The Morgan fingerprint density at radius 1 is 1.27 bits per heavy atom. The van der Waals surface area contributed by atoms with Crippen molar-refractivity contribution in [3.63, 3.8) is 0 Å². The smallest absolute Gasteiger partial charge is 0.415 e. The van der Waals surface area contributed by atoms with Crippen LogP contribution in [0.25, 0.3) is 11.3 Å². The van der Waals surface area contributed by atoms with Gasteiger partial charge >= 0.3 is 6.09 Å². The van der Waals surface area contributed by atoms with E-state index in [1.165, 1.54) is 11.3 Å².